The summed E-state index contributed by atoms with van der Waals surface area (Å²) in [5.41, 5.74) is 7.29. The van der Waals surface area contributed by atoms with Crippen LogP contribution in [-0.4, -0.2) is 25.2 Å². The zero-order valence-corrected chi connectivity index (χ0v) is 10.7. The number of benzene rings is 1. The highest BCUT2D eigenvalue weighted by Crippen LogP contribution is 2.21. The SMILES string of the molecule is Cc1ccc(C(=N)N)c(OCC2CCCCO2)c1. The predicted octanol–water partition coefficient (Wildman–Crippen LogP) is 2.23. The molecule has 18 heavy (non-hydrogen) atoms. The number of hydrogen-bond acceptors (Lipinski definition) is 3. The van der Waals surface area contributed by atoms with Crippen LogP contribution in [0.3, 0.4) is 0 Å². The highest BCUT2D eigenvalue weighted by Gasteiger charge is 2.15. The minimum atomic E-state index is 0.0366. The van der Waals surface area contributed by atoms with Gasteiger partial charge in [0.05, 0.1) is 11.7 Å². The highest BCUT2D eigenvalue weighted by atomic mass is 16.5. The molecule has 98 valence electrons. The van der Waals surface area contributed by atoms with Crippen LogP contribution in [0.1, 0.15) is 30.4 Å². The lowest BCUT2D eigenvalue weighted by Crippen LogP contribution is -2.26. The molecule has 4 heteroatoms. The Hall–Kier alpha value is -1.55. The van der Waals surface area contributed by atoms with Crippen molar-refractivity contribution in [3.8, 4) is 5.75 Å². The fourth-order valence-electron chi connectivity index (χ4n) is 2.09. The highest BCUT2D eigenvalue weighted by molar-refractivity contribution is 5.97. The fraction of sp³-hybridized carbons (Fsp3) is 0.500. The molecule has 1 aromatic carbocycles. The normalized spacial score (nSPS) is 19.5. The van der Waals surface area contributed by atoms with Crippen molar-refractivity contribution in [3.05, 3.63) is 29.3 Å². The average molecular weight is 248 g/mol. The number of ether oxygens (including phenoxy) is 2. The monoisotopic (exact) mass is 248 g/mol. The van der Waals surface area contributed by atoms with Gasteiger partial charge in [-0.15, -0.1) is 0 Å². The van der Waals surface area contributed by atoms with Crippen molar-refractivity contribution in [2.24, 2.45) is 5.73 Å². The van der Waals surface area contributed by atoms with Crippen LogP contribution in [0, 0.1) is 12.3 Å². The third-order valence-corrected chi connectivity index (χ3v) is 3.13. The van der Waals surface area contributed by atoms with E-state index in [1.165, 1.54) is 6.42 Å². The zero-order chi connectivity index (χ0) is 13.0. The van der Waals surface area contributed by atoms with Gasteiger partial charge in [0.15, 0.2) is 0 Å². The molecule has 1 aliphatic rings. The lowest BCUT2D eigenvalue weighted by molar-refractivity contribution is -0.0111. The Morgan fingerprint density at radius 3 is 3.00 bits per heavy atom. The molecule has 1 atom stereocenters. The minimum absolute atomic E-state index is 0.0366. The molecule has 0 spiro atoms. The molecular weight excluding hydrogens is 228 g/mol. The molecule has 0 aliphatic carbocycles. The Balaban J connectivity index is 2.03. The number of amidine groups is 1. The second-order valence-corrected chi connectivity index (χ2v) is 4.71. The maximum absolute atomic E-state index is 7.54. The van der Waals surface area contributed by atoms with Gasteiger partial charge < -0.3 is 15.2 Å². The van der Waals surface area contributed by atoms with Gasteiger partial charge in [0.25, 0.3) is 0 Å². The smallest absolute Gasteiger partial charge is 0.130 e. The number of rotatable bonds is 4. The number of nitrogens with one attached hydrogen (secondary N) is 1. The Morgan fingerprint density at radius 1 is 1.50 bits per heavy atom. The molecule has 4 nitrogen and oxygen atoms in total. The van der Waals surface area contributed by atoms with Crippen molar-refractivity contribution in [1.29, 1.82) is 5.41 Å². The Morgan fingerprint density at radius 2 is 2.33 bits per heavy atom. The molecule has 0 saturated carbocycles. The van der Waals surface area contributed by atoms with Gasteiger partial charge in [-0.25, -0.2) is 0 Å². The van der Waals surface area contributed by atoms with E-state index in [2.05, 4.69) is 0 Å². The summed E-state index contributed by atoms with van der Waals surface area (Å²) in [5.74, 6) is 0.714. The molecular formula is C14H20N2O2. The molecule has 3 N–H and O–H groups in total. The van der Waals surface area contributed by atoms with E-state index in [1.54, 1.807) is 0 Å². The van der Waals surface area contributed by atoms with Crippen LogP contribution in [-0.2, 0) is 4.74 Å². The van der Waals surface area contributed by atoms with Gasteiger partial charge in [0.2, 0.25) is 0 Å². The van der Waals surface area contributed by atoms with Crippen molar-refractivity contribution < 1.29 is 9.47 Å². The second-order valence-electron chi connectivity index (χ2n) is 4.71. The van der Waals surface area contributed by atoms with Crippen LogP contribution >= 0.6 is 0 Å². The Labute approximate surface area is 108 Å². The first kappa shape index (κ1) is 12.9. The second kappa shape index (κ2) is 5.87. The minimum Gasteiger partial charge on any atom is -0.490 e. The molecule has 1 saturated heterocycles. The third-order valence-electron chi connectivity index (χ3n) is 3.13. The van der Waals surface area contributed by atoms with Crippen molar-refractivity contribution >= 4 is 5.84 Å². The number of aryl methyl sites for hydroxylation is 1. The lowest BCUT2D eigenvalue weighted by Gasteiger charge is -2.23. The molecule has 0 aromatic heterocycles. The molecule has 0 bridgehead atoms. The maximum atomic E-state index is 7.54. The van der Waals surface area contributed by atoms with Gasteiger partial charge in [0.1, 0.15) is 18.2 Å². The van der Waals surface area contributed by atoms with E-state index in [4.69, 9.17) is 20.6 Å². The molecule has 0 amide bonds. The van der Waals surface area contributed by atoms with Crippen LogP contribution in [0.25, 0.3) is 0 Å². The maximum Gasteiger partial charge on any atom is 0.130 e. The number of nitrogen functional groups attached to an aromatic ring is 1. The van der Waals surface area contributed by atoms with E-state index in [0.29, 0.717) is 17.9 Å². The van der Waals surface area contributed by atoms with Crippen molar-refractivity contribution in [3.63, 3.8) is 0 Å². The van der Waals surface area contributed by atoms with Gasteiger partial charge >= 0.3 is 0 Å². The molecule has 1 heterocycles. The van der Waals surface area contributed by atoms with Gasteiger partial charge in [-0.05, 0) is 43.9 Å². The molecule has 1 unspecified atom stereocenters. The summed E-state index contributed by atoms with van der Waals surface area (Å²) in [6.07, 6.45) is 3.54. The van der Waals surface area contributed by atoms with Crippen molar-refractivity contribution in [2.45, 2.75) is 32.3 Å². The first-order chi connectivity index (χ1) is 8.66. The molecule has 1 aliphatic heterocycles. The van der Waals surface area contributed by atoms with Crippen molar-refractivity contribution in [1.82, 2.24) is 0 Å². The summed E-state index contributed by atoms with van der Waals surface area (Å²) in [5, 5.41) is 7.54. The fourth-order valence-corrected chi connectivity index (χ4v) is 2.09. The van der Waals surface area contributed by atoms with E-state index in [9.17, 15) is 0 Å². The van der Waals surface area contributed by atoms with Crippen LogP contribution in [0.15, 0.2) is 18.2 Å². The van der Waals surface area contributed by atoms with Crippen LogP contribution < -0.4 is 10.5 Å². The Bertz CT molecular complexity index is 426. The molecule has 1 aromatic rings. The van der Waals surface area contributed by atoms with E-state index in [1.807, 2.05) is 25.1 Å². The topological polar surface area (TPSA) is 68.3 Å². The quantitative estimate of drug-likeness (QED) is 0.634. The summed E-state index contributed by atoms with van der Waals surface area (Å²) in [6.45, 7) is 3.35. The summed E-state index contributed by atoms with van der Waals surface area (Å²) in [6, 6.07) is 5.68. The standard InChI is InChI=1S/C14H20N2O2/c1-10-5-6-12(14(15)16)13(8-10)18-9-11-4-2-3-7-17-11/h5-6,8,11H,2-4,7,9H2,1H3,(H3,15,16). The lowest BCUT2D eigenvalue weighted by atomic mass is 10.1. The molecule has 1 fully saturated rings. The van der Waals surface area contributed by atoms with E-state index >= 15 is 0 Å². The summed E-state index contributed by atoms with van der Waals surface area (Å²) in [4.78, 5) is 0. The summed E-state index contributed by atoms with van der Waals surface area (Å²) < 4.78 is 11.4. The Kier molecular flexibility index (Phi) is 4.20. The van der Waals surface area contributed by atoms with Crippen LogP contribution in [0.5, 0.6) is 5.75 Å². The molecule has 0 radical (unpaired) electrons. The van der Waals surface area contributed by atoms with E-state index < -0.39 is 0 Å². The van der Waals surface area contributed by atoms with Crippen LogP contribution in [0.2, 0.25) is 0 Å². The van der Waals surface area contributed by atoms with Crippen molar-refractivity contribution in [2.75, 3.05) is 13.2 Å². The first-order valence-corrected chi connectivity index (χ1v) is 6.36. The number of hydrogen-bond donors (Lipinski definition) is 2. The third kappa shape index (κ3) is 3.23. The van der Waals surface area contributed by atoms with Gasteiger partial charge in [-0.1, -0.05) is 6.07 Å². The predicted molar refractivity (Wildman–Crippen MR) is 71.3 cm³/mol. The zero-order valence-electron chi connectivity index (χ0n) is 10.7. The summed E-state index contributed by atoms with van der Waals surface area (Å²) >= 11 is 0. The number of nitrogens with two attached hydrogens (primary N) is 1. The molecule has 2 rings (SSSR count). The van der Waals surface area contributed by atoms with Gasteiger partial charge in [0, 0.05) is 6.61 Å². The largest absolute Gasteiger partial charge is 0.490 e. The van der Waals surface area contributed by atoms with E-state index in [-0.39, 0.29) is 11.9 Å². The average Bonchev–Trinajstić information content (AvgIpc) is 2.37. The summed E-state index contributed by atoms with van der Waals surface area (Å²) in [7, 11) is 0. The van der Waals surface area contributed by atoms with Crippen LogP contribution in [0.4, 0.5) is 0 Å². The van der Waals surface area contributed by atoms with E-state index in [0.717, 1.165) is 25.0 Å². The first-order valence-electron chi connectivity index (χ1n) is 6.36. The van der Waals surface area contributed by atoms with Gasteiger partial charge in [-0.3, -0.25) is 5.41 Å². The van der Waals surface area contributed by atoms with Gasteiger partial charge in [-0.2, -0.15) is 0 Å².